The van der Waals surface area contributed by atoms with E-state index >= 15 is 0 Å². The third kappa shape index (κ3) is 2.79. The van der Waals surface area contributed by atoms with Crippen LogP contribution in [0.4, 0.5) is 5.69 Å². The summed E-state index contributed by atoms with van der Waals surface area (Å²) in [6, 6.07) is 6.86. The Hall–Kier alpha value is -1.72. The fraction of sp³-hybridized carbons (Fsp3) is 0.500. The minimum Gasteiger partial charge on any atom is -0.366 e. The van der Waals surface area contributed by atoms with E-state index in [1.54, 1.807) is 18.3 Å². The normalized spacial score (nSPS) is 30.5. The highest BCUT2D eigenvalue weighted by Gasteiger charge is 2.41. The molecule has 0 saturated carbocycles. The number of anilines is 1. The number of piperidine rings is 2. The van der Waals surface area contributed by atoms with E-state index in [4.69, 9.17) is 0 Å². The lowest BCUT2D eigenvalue weighted by atomic mass is 9.84. The third-order valence-corrected chi connectivity index (χ3v) is 7.20. The fourth-order valence-electron chi connectivity index (χ4n) is 5.01. The molecule has 0 aliphatic carbocycles. The molecule has 4 bridgehead atoms. The van der Waals surface area contributed by atoms with Crippen LogP contribution in [0.25, 0.3) is 10.4 Å². The highest BCUT2D eigenvalue weighted by atomic mass is 32.1. The number of ketones is 1. The van der Waals surface area contributed by atoms with Crippen molar-refractivity contribution in [3.05, 3.63) is 35.5 Å². The lowest BCUT2D eigenvalue weighted by molar-refractivity contribution is 0.0980. The molecule has 0 radical (unpaired) electrons. The molecule has 5 heteroatoms. The molecule has 4 saturated heterocycles. The van der Waals surface area contributed by atoms with Crippen molar-refractivity contribution >= 4 is 22.8 Å². The van der Waals surface area contributed by atoms with Gasteiger partial charge in [-0.05, 0) is 49.8 Å². The summed E-state index contributed by atoms with van der Waals surface area (Å²) >= 11 is 1.56. The second kappa shape index (κ2) is 5.92. The molecule has 0 aromatic carbocycles. The van der Waals surface area contributed by atoms with Gasteiger partial charge in [-0.2, -0.15) is 0 Å². The standard InChI is InChI=1S/C20H23N3OS/c1-13(24)19-2-3-20(25-19)16-6-17(8-21-7-16)23-11-15-4-14-5-18(23)12-22(9-14)10-15/h2-3,6-8,14-15,18H,4-5,9-12H2,1H3. The lowest BCUT2D eigenvalue weighted by Crippen LogP contribution is -2.49. The molecule has 4 unspecified atom stereocenters. The molecule has 2 aromatic heterocycles. The Labute approximate surface area is 152 Å². The van der Waals surface area contributed by atoms with Crippen LogP contribution in [-0.2, 0) is 0 Å². The topological polar surface area (TPSA) is 36.4 Å². The van der Waals surface area contributed by atoms with Crippen molar-refractivity contribution < 1.29 is 4.79 Å². The fourth-order valence-corrected chi connectivity index (χ4v) is 5.89. The average Bonchev–Trinajstić information content (AvgIpc) is 3.01. The minimum absolute atomic E-state index is 0.134. The van der Waals surface area contributed by atoms with E-state index in [1.165, 1.54) is 38.2 Å². The van der Waals surface area contributed by atoms with Gasteiger partial charge in [-0.3, -0.25) is 9.78 Å². The molecule has 130 valence electrons. The molecule has 4 atom stereocenters. The van der Waals surface area contributed by atoms with Crippen LogP contribution < -0.4 is 4.90 Å². The molecule has 6 heterocycles. The molecular weight excluding hydrogens is 330 g/mol. The molecule has 4 aliphatic rings. The third-order valence-electron chi connectivity index (χ3n) is 5.96. The molecule has 4 nitrogen and oxygen atoms in total. The van der Waals surface area contributed by atoms with Crippen molar-refractivity contribution in [2.75, 3.05) is 31.1 Å². The van der Waals surface area contributed by atoms with Gasteiger partial charge >= 0.3 is 0 Å². The number of hydrogen-bond acceptors (Lipinski definition) is 5. The van der Waals surface area contributed by atoms with Gasteiger partial charge in [0.2, 0.25) is 0 Å². The van der Waals surface area contributed by atoms with Crippen molar-refractivity contribution in [3.8, 4) is 10.4 Å². The van der Waals surface area contributed by atoms with E-state index in [0.29, 0.717) is 6.04 Å². The average molecular weight is 353 g/mol. The summed E-state index contributed by atoms with van der Waals surface area (Å²) < 4.78 is 0. The summed E-state index contributed by atoms with van der Waals surface area (Å²) in [4.78, 5) is 23.3. The Morgan fingerprint density at radius 3 is 2.80 bits per heavy atom. The zero-order chi connectivity index (χ0) is 17.0. The van der Waals surface area contributed by atoms with Gasteiger partial charge in [-0.25, -0.2) is 0 Å². The number of rotatable bonds is 3. The highest BCUT2D eigenvalue weighted by molar-refractivity contribution is 7.17. The van der Waals surface area contributed by atoms with Crippen molar-refractivity contribution in [1.82, 2.24) is 9.88 Å². The van der Waals surface area contributed by atoms with Gasteiger partial charge < -0.3 is 9.80 Å². The van der Waals surface area contributed by atoms with Crippen molar-refractivity contribution in [2.24, 2.45) is 11.8 Å². The van der Waals surface area contributed by atoms with Gasteiger partial charge in [-0.15, -0.1) is 11.3 Å². The maximum Gasteiger partial charge on any atom is 0.169 e. The minimum atomic E-state index is 0.134. The quantitative estimate of drug-likeness (QED) is 0.791. The predicted molar refractivity (Wildman–Crippen MR) is 101 cm³/mol. The van der Waals surface area contributed by atoms with Crippen molar-refractivity contribution in [1.29, 1.82) is 0 Å². The van der Waals surface area contributed by atoms with E-state index in [1.807, 2.05) is 24.5 Å². The first kappa shape index (κ1) is 15.5. The molecule has 0 amide bonds. The first-order valence-electron chi connectivity index (χ1n) is 9.21. The Bertz CT molecular complexity index is 803. The zero-order valence-electron chi connectivity index (χ0n) is 14.5. The highest BCUT2D eigenvalue weighted by Crippen LogP contribution is 2.39. The Kier molecular flexibility index (Phi) is 3.68. The number of carbonyl (C=O) groups excluding carboxylic acids is 1. The van der Waals surface area contributed by atoms with Crippen LogP contribution in [0.5, 0.6) is 0 Å². The largest absolute Gasteiger partial charge is 0.366 e. The number of thiophene rings is 1. The molecule has 0 spiro atoms. The SMILES string of the molecule is CC(=O)c1ccc(-c2cncc(N3CC4CC5CC3CN(C5)C4)c2)s1. The molecule has 4 aliphatic heterocycles. The number of hydrogen-bond donors (Lipinski definition) is 0. The van der Waals surface area contributed by atoms with Gasteiger partial charge in [0, 0.05) is 48.9 Å². The first-order chi connectivity index (χ1) is 12.2. The Morgan fingerprint density at radius 2 is 2.00 bits per heavy atom. The number of Topliss-reactive ketones (excluding diaryl/α,β-unsaturated/α-hetero) is 1. The van der Waals surface area contributed by atoms with E-state index in [9.17, 15) is 4.79 Å². The number of carbonyl (C=O) groups is 1. The van der Waals surface area contributed by atoms with Gasteiger partial charge in [-0.1, -0.05) is 0 Å². The van der Waals surface area contributed by atoms with Crippen LogP contribution in [-0.4, -0.2) is 47.9 Å². The number of pyridine rings is 1. The number of aromatic nitrogens is 1. The van der Waals surface area contributed by atoms with Crippen molar-refractivity contribution in [2.45, 2.75) is 25.8 Å². The Morgan fingerprint density at radius 1 is 1.12 bits per heavy atom. The van der Waals surface area contributed by atoms with E-state index in [0.717, 1.165) is 33.7 Å². The maximum atomic E-state index is 11.6. The molecule has 0 N–H and O–H groups in total. The van der Waals surface area contributed by atoms with E-state index < -0.39 is 0 Å². The van der Waals surface area contributed by atoms with Gasteiger partial charge in [0.25, 0.3) is 0 Å². The van der Waals surface area contributed by atoms with Crippen LogP contribution in [0.2, 0.25) is 0 Å². The van der Waals surface area contributed by atoms with Crippen molar-refractivity contribution in [3.63, 3.8) is 0 Å². The maximum absolute atomic E-state index is 11.6. The van der Waals surface area contributed by atoms with Crippen LogP contribution in [0.15, 0.2) is 30.6 Å². The van der Waals surface area contributed by atoms with E-state index in [2.05, 4.69) is 20.9 Å². The van der Waals surface area contributed by atoms with Gasteiger partial charge in [0.1, 0.15) is 0 Å². The molecule has 2 aromatic rings. The van der Waals surface area contributed by atoms with Crippen LogP contribution in [0.1, 0.15) is 29.4 Å². The van der Waals surface area contributed by atoms with Gasteiger partial charge in [0.15, 0.2) is 5.78 Å². The lowest BCUT2D eigenvalue weighted by Gasteiger charge is -2.41. The zero-order valence-corrected chi connectivity index (χ0v) is 15.3. The molecule has 25 heavy (non-hydrogen) atoms. The number of fused-ring (bicyclic) bond motifs is 1. The summed E-state index contributed by atoms with van der Waals surface area (Å²) in [5, 5.41) is 0. The summed E-state index contributed by atoms with van der Waals surface area (Å²) in [6.07, 6.45) is 6.66. The molecule has 4 fully saturated rings. The van der Waals surface area contributed by atoms with Crippen LogP contribution in [0.3, 0.4) is 0 Å². The smallest absolute Gasteiger partial charge is 0.169 e. The van der Waals surface area contributed by atoms with Crippen LogP contribution in [0, 0.1) is 11.8 Å². The first-order valence-corrected chi connectivity index (χ1v) is 10.0. The summed E-state index contributed by atoms with van der Waals surface area (Å²) in [5.74, 6) is 1.81. The second-order valence-corrected chi connectivity index (χ2v) is 8.96. The molecule has 6 rings (SSSR count). The summed E-state index contributed by atoms with van der Waals surface area (Å²) in [6.45, 7) is 6.56. The Balaban J connectivity index is 1.47. The molecular formula is C20H23N3OS. The summed E-state index contributed by atoms with van der Waals surface area (Å²) in [5.41, 5.74) is 2.37. The summed E-state index contributed by atoms with van der Waals surface area (Å²) in [7, 11) is 0. The van der Waals surface area contributed by atoms with Gasteiger partial charge in [0.05, 0.1) is 16.8 Å². The monoisotopic (exact) mass is 353 g/mol. The second-order valence-electron chi connectivity index (χ2n) is 7.88. The van der Waals surface area contributed by atoms with Crippen LogP contribution >= 0.6 is 11.3 Å². The predicted octanol–water partition coefficient (Wildman–Crippen LogP) is 3.54. The number of nitrogens with zero attached hydrogens (tertiary/aromatic N) is 3. The van der Waals surface area contributed by atoms with E-state index in [-0.39, 0.29) is 5.78 Å².